The number of anilines is 2. The summed E-state index contributed by atoms with van der Waals surface area (Å²) in [4.78, 5) is 48.2. The van der Waals surface area contributed by atoms with E-state index in [1.165, 1.54) is 37.1 Å². The van der Waals surface area contributed by atoms with Crippen molar-refractivity contribution >= 4 is 34.7 Å². The second-order valence-corrected chi connectivity index (χ2v) is 6.64. The van der Waals surface area contributed by atoms with Crippen LogP contribution in [0.15, 0.2) is 42.5 Å². The summed E-state index contributed by atoms with van der Waals surface area (Å²) in [5.41, 5.74) is 1.29. The molecule has 0 aliphatic carbocycles. The number of benzene rings is 2. The Morgan fingerprint density at radius 3 is 2.48 bits per heavy atom. The predicted molar refractivity (Wildman–Crippen MR) is 105 cm³/mol. The highest BCUT2D eigenvalue weighted by atomic mass is 16.6. The lowest BCUT2D eigenvalue weighted by atomic mass is 10.1. The highest BCUT2D eigenvalue weighted by Gasteiger charge is 2.36. The van der Waals surface area contributed by atoms with E-state index in [0.717, 1.165) is 0 Å². The molecule has 1 saturated heterocycles. The third-order valence-electron chi connectivity index (χ3n) is 4.72. The van der Waals surface area contributed by atoms with Gasteiger partial charge in [0, 0.05) is 30.3 Å². The lowest BCUT2D eigenvalue weighted by Gasteiger charge is -2.19. The summed E-state index contributed by atoms with van der Waals surface area (Å²) in [6.45, 7) is 1.59. The molecule has 2 aromatic rings. The Kier molecular flexibility index (Phi) is 5.58. The Bertz CT molecular complexity index is 986. The Morgan fingerprint density at radius 1 is 1.21 bits per heavy atom. The smallest absolute Gasteiger partial charge is 0.273 e. The standard InChI is InChI=1S/C20H19N3O6/c1-12(24)13-3-5-15(6-4-13)21-20(26)14-9-19(25)22(11-14)17-8-7-16(23(27)28)10-18(17)29-2/h3-8,10,14H,9,11H2,1-2H3,(H,21,26)/t14-/m1/s1. The molecule has 3 rings (SSSR count). The third kappa shape index (κ3) is 4.23. The molecule has 0 bridgehead atoms. The maximum absolute atomic E-state index is 12.6. The molecule has 0 unspecified atom stereocenters. The number of carbonyl (C=O) groups excluding carboxylic acids is 3. The minimum Gasteiger partial charge on any atom is -0.494 e. The van der Waals surface area contributed by atoms with Gasteiger partial charge in [0.1, 0.15) is 5.75 Å². The quantitative estimate of drug-likeness (QED) is 0.455. The van der Waals surface area contributed by atoms with Crippen molar-refractivity contribution in [2.24, 2.45) is 5.92 Å². The van der Waals surface area contributed by atoms with Crippen LogP contribution >= 0.6 is 0 Å². The zero-order valence-electron chi connectivity index (χ0n) is 15.9. The fraction of sp³-hybridized carbons (Fsp3) is 0.250. The van der Waals surface area contributed by atoms with E-state index in [9.17, 15) is 24.5 Å². The third-order valence-corrected chi connectivity index (χ3v) is 4.72. The van der Waals surface area contributed by atoms with E-state index in [1.807, 2.05) is 0 Å². The average Bonchev–Trinajstić information content (AvgIpc) is 3.09. The number of methoxy groups -OCH3 is 1. The molecule has 150 valence electrons. The van der Waals surface area contributed by atoms with E-state index in [1.54, 1.807) is 24.3 Å². The van der Waals surface area contributed by atoms with Gasteiger partial charge in [0.15, 0.2) is 5.78 Å². The second kappa shape index (κ2) is 8.09. The molecular formula is C20H19N3O6. The zero-order valence-corrected chi connectivity index (χ0v) is 15.9. The molecule has 9 nitrogen and oxygen atoms in total. The number of amides is 2. The van der Waals surface area contributed by atoms with Crippen LogP contribution in [-0.4, -0.2) is 36.2 Å². The molecule has 9 heteroatoms. The van der Waals surface area contributed by atoms with Gasteiger partial charge in [0.05, 0.1) is 29.7 Å². The van der Waals surface area contributed by atoms with Crippen LogP contribution in [0.3, 0.4) is 0 Å². The van der Waals surface area contributed by atoms with E-state index < -0.39 is 10.8 Å². The molecule has 2 amide bonds. The van der Waals surface area contributed by atoms with Crippen LogP contribution in [0.25, 0.3) is 0 Å². The van der Waals surface area contributed by atoms with E-state index in [2.05, 4.69) is 5.32 Å². The van der Waals surface area contributed by atoms with Gasteiger partial charge in [-0.15, -0.1) is 0 Å². The highest BCUT2D eigenvalue weighted by molar-refractivity contribution is 6.04. The highest BCUT2D eigenvalue weighted by Crippen LogP contribution is 2.36. The number of nitro benzene ring substituents is 1. The Labute approximate surface area is 166 Å². The zero-order chi connectivity index (χ0) is 21.1. The van der Waals surface area contributed by atoms with E-state index >= 15 is 0 Å². The van der Waals surface area contributed by atoms with Crippen molar-refractivity contribution in [2.45, 2.75) is 13.3 Å². The first-order valence-electron chi connectivity index (χ1n) is 8.85. The molecule has 29 heavy (non-hydrogen) atoms. The van der Waals surface area contributed by atoms with Gasteiger partial charge in [-0.3, -0.25) is 24.5 Å². The molecule has 1 N–H and O–H groups in total. The van der Waals surface area contributed by atoms with Crippen LogP contribution in [0.5, 0.6) is 5.75 Å². The van der Waals surface area contributed by atoms with Crippen LogP contribution in [0, 0.1) is 16.0 Å². The van der Waals surface area contributed by atoms with E-state index in [-0.39, 0.29) is 42.0 Å². The van der Waals surface area contributed by atoms with Crippen molar-refractivity contribution in [2.75, 3.05) is 23.9 Å². The number of ether oxygens (including phenoxy) is 1. The SMILES string of the molecule is COc1cc([N+](=O)[O-])ccc1N1C[C@H](C(=O)Nc2ccc(C(C)=O)cc2)CC1=O. The number of rotatable bonds is 6. The van der Waals surface area contributed by atoms with Gasteiger partial charge in [-0.1, -0.05) is 0 Å². The van der Waals surface area contributed by atoms with Crippen LogP contribution in [0.1, 0.15) is 23.7 Å². The van der Waals surface area contributed by atoms with Gasteiger partial charge in [0.2, 0.25) is 11.8 Å². The molecule has 2 aromatic carbocycles. The summed E-state index contributed by atoms with van der Waals surface area (Å²) in [7, 11) is 1.36. The number of nitro groups is 1. The van der Waals surface area contributed by atoms with E-state index in [4.69, 9.17) is 4.74 Å². The summed E-state index contributed by atoms with van der Waals surface area (Å²) in [5.74, 6) is -1.07. The Balaban J connectivity index is 1.73. The fourth-order valence-corrected chi connectivity index (χ4v) is 3.15. The Hall–Kier alpha value is -3.75. The topological polar surface area (TPSA) is 119 Å². The second-order valence-electron chi connectivity index (χ2n) is 6.64. The molecule has 0 spiro atoms. The van der Waals surface area contributed by atoms with Crippen LogP contribution in [-0.2, 0) is 9.59 Å². The van der Waals surface area contributed by atoms with Crippen molar-refractivity contribution in [1.82, 2.24) is 0 Å². The largest absolute Gasteiger partial charge is 0.494 e. The average molecular weight is 397 g/mol. The summed E-state index contributed by atoms with van der Waals surface area (Å²) in [5, 5.41) is 13.7. The van der Waals surface area contributed by atoms with Gasteiger partial charge in [0.25, 0.3) is 5.69 Å². The minimum absolute atomic E-state index is 0.0114. The van der Waals surface area contributed by atoms with Crippen molar-refractivity contribution in [3.05, 3.63) is 58.1 Å². The van der Waals surface area contributed by atoms with Gasteiger partial charge >= 0.3 is 0 Å². The van der Waals surface area contributed by atoms with Gasteiger partial charge in [-0.25, -0.2) is 0 Å². The summed E-state index contributed by atoms with van der Waals surface area (Å²) < 4.78 is 5.19. The molecule has 0 saturated carbocycles. The van der Waals surface area contributed by atoms with Crippen LogP contribution in [0.4, 0.5) is 17.1 Å². The molecule has 1 aliphatic rings. The maximum atomic E-state index is 12.6. The lowest BCUT2D eigenvalue weighted by Crippen LogP contribution is -2.28. The number of carbonyl (C=O) groups is 3. The monoisotopic (exact) mass is 397 g/mol. The minimum atomic E-state index is -0.588. The van der Waals surface area contributed by atoms with Crippen LogP contribution < -0.4 is 15.0 Å². The first-order valence-corrected chi connectivity index (χ1v) is 8.85. The molecule has 1 atom stereocenters. The number of non-ortho nitro benzene ring substituents is 1. The first kappa shape index (κ1) is 20.0. The van der Waals surface area contributed by atoms with Gasteiger partial charge in [-0.2, -0.15) is 0 Å². The number of hydrogen-bond donors (Lipinski definition) is 1. The lowest BCUT2D eigenvalue weighted by molar-refractivity contribution is -0.384. The van der Waals surface area contributed by atoms with Gasteiger partial charge in [-0.05, 0) is 37.3 Å². The number of ketones is 1. The van der Waals surface area contributed by atoms with Crippen molar-refractivity contribution in [3.8, 4) is 5.75 Å². The predicted octanol–water partition coefficient (Wildman–Crippen LogP) is 2.80. The number of Topliss-reactive ketones (excluding diaryl/α,β-unsaturated/α-hetero) is 1. The summed E-state index contributed by atoms with van der Waals surface area (Å²) in [6, 6.07) is 10.5. The fourth-order valence-electron chi connectivity index (χ4n) is 3.15. The molecular weight excluding hydrogens is 378 g/mol. The van der Waals surface area contributed by atoms with Crippen molar-refractivity contribution < 1.29 is 24.0 Å². The molecule has 1 heterocycles. The number of nitrogens with zero attached hydrogens (tertiary/aromatic N) is 2. The summed E-state index contributed by atoms with van der Waals surface area (Å²) >= 11 is 0. The normalized spacial score (nSPS) is 15.9. The van der Waals surface area contributed by atoms with Crippen molar-refractivity contribution in [1.29, 1.82) is 0 Å². The summed E-state index contributed by atoms with van der Waals surface area (Å²) in [6.07, 6.45) is 0.0114. The van der Waals surface area contributed by atoms with E-state index in [0.29, 0.717) is 16.9 Å². The maximum Gasteiger partial charge on any atom is 0.273 e. The van der Waals surface area contributed by atoms with Gasteiger partial charge < -0.3 is 15.0 Å². The first-order chi connectivity index (χ1) is 13.8. The van der Waals surface area contributed by atoms with Crippen LogP contribution in [0.2, 0.25) is 0 Å². The Morgan fingerprint density at radius 2 is 1.90 bits per heavy atom. The number of nitrogens with one attached hydrogen (secondary N) is 1. The molecule has 0 radical (unpaired) electrons. The molecule has 1 fully saturated rings. The number of hydrogen-bond acceptors (Lipinski definition) is 6. The van der Waals surface area contributed by atoms with Crippen molar-refractivity contribution in [3.63, 3.8) is 0 Å². The molecule has 1 aliphatic heterocycles. The molecule has 0 aromatic heterocycles.